The lowest BCUT2D eigenvalue weighted by Gasteiger charge is -2.24. The molecule has 0 saturated heterocycles. The summed E-state index contributed by atoms with van der Waals surface area (Å²) in [4.78, 5) is 23.3. The van der Waals surface area contributed by atoms with Gasteiger partial charge in [0, 0.05) is 19.8 Å². The number of rotatable bonds is 6. The highest BCUT2D eigenvalue weighted by molar-refractivity contribution is 5.95. The zero-order valence-corrected chi connectivity index (χ0v) is 11.6. The molecule has 19 heavy (non-hydrogen) atoms. The molecule has 0 spiro atoms. The number of hydrogen-bond donors (Lipinski definition) is 3. The fraction of sp³-hybridized carbons (Fsp3) is 0.583. The average molecular weight is 267 g/mol. The summed E-state index contributed by atoms with van der Waals surface area (Å²) in [5.74, 6) is -0.293. The van der Waals surface area contributed by atoms with Crippen molar-refractivity contribution in [3.05, 3.63) is 12.4 Å². The molecule has 106 valence electrons. The standard InChI is InChI=1S/C12H21N5O2/c1-4-12(2,8-13)11(19)16-9-5-15-17(6-9)7-10(18)14-3/h5-6H,4,7-8,13H2,1-3H3,(H,14,18)(H,16,19). The minimum Gasteiger partial charge on any atom is -0.358 e. The fourth-order valence-electron chi connectivity index (χ4n) is 1.42. The molecule has 1 aromatic heterocycles. The van der Waals surface area contributed by atoms with Gasteiger partial charge >= 0.3 is 0 Å². The van der Waals surface area contributed by atoms with Gasteiger partial charge in [0.05, 0.1) is 17.3 Å². The maximum Gasteiger partial charge on any atom is 0.241 e. The summed E-state index contributed by atoms with van der Waals surface area (Å²) in [6, 6.07) is 0. The van der Waals surface area contributed by atoms with Crippen LogP contribution in [0.3, 0.4) is 0 Å². The largest absolute Gasteiger partial charge is 0.358 e. The molecule has 0 bridgehead atoms. The first-order chi connectivity index (χ1) is 8.95. The zero-order chi connectivity index (χ0) is 14.5. The highest BCUT2D eigenvalue weighted by Crippen LogP contribution is 2.21. The van der Waals surface area contributed by atoms with Gasteiger partial charge in [0.25, 0.3) is 0 Å². The van der Waals surface area contributed by atoms with E-state index < -0.39 is 5.41 Å². The van der Waals surface area contributed by atoms with Crippen molar-refractivity contribution in [2.45, 2.75) is 26.8 Å². The normalized spacial score (nSPS) is 13.7. The van der Waals surface area contributed by atoms with E-state index in [0.29, 0.717) is 12.1 Å². The number of nitrogens with one attached hydrogen (secondary N) is 2. The zero-order valence-electron chi connectivity index (χ0n) is 11.6. The highest BCUT2D eigenvalue weighted by atomic mass is 16.2. The van der Waals surface area contributed by atoms with Crippen LogP contribution in [0.5, 0.6) is 0 Å². The smallest absolute Gasteiger partial charge is 0.241 e. The number of amides is 2. The Morgan fingerprint density at radius 2 is 2.21 bits per heavy atom. The van der Waals surface area contributed by atoms with E-state index in [1.807, 2.05) is 13.8 Å². The van der Waals surface area contributed by atoms with E-state index in [1.165, 1.54) is 10.9 Å². The maximum atomic E-state index is 12.1. The van der Waals surface area contributed by atoms with Crippen molar-refractivity contribution in [2.75, 3.05) is 18.9 Å². The third-order valence-corrected chi connectivity index (χ3v) is 3.25. The lowest BCUT2D eigenvalue weighted by atomic mass is 9.86. The van der Waals surface area contributed by atoms with Gasteiger partial charge in [-0.2, -0.15) is 5.10 Å². The molecule has 0 aliphatic heterocycles. The van der Waals surface area contributed by atoms with E-state index in [0.717, 1.165) is 0 Å². The van der Waals surface area contributed by atoms with Gasteiger partial charge in [-0.25, -0.2) is 0 Å². The molecular weight excluding hydrogens is 246 g/mol. The molecule has 7 heteroatoms. The fourth-order valence-corrected chi connectivity index (χ4v) is 1.42. The number of hydrogen-bond acceptors (Lipinski definition) is 4. The minimum atomic E-state index is -0.594. The van der Waals surface area contributed by atoms with E-state index in [2.05, 4.69) is 15.7 Å². The lowest BCUT2D eigenvalue weighted by molar-refractivity contribution is -0.124. The van der Waals surface area contributed by atoms with Crippen LogP contribution in [0, 0.1) is 5.41 Å². The third-order valence-electron chi connectivity index (χ3n) is 3.25. The number of carbonyl (C=O) groups is 2. The van der Waals surface area contributed by atoms with Crippen molar-refractivity contribution in [2.24, 2.45) is 11.1 Å². The Morgan fingerprint density at radius 1 is 1.53 bits per heavy atom. The summed E-state index contributed by atoms with van der Waals surface area (Å²) in [7, 11) is 1.56. The molecule has 1 atom stereocenters. The molecule has 1 heterocycles. The number of likely N-dealkylation sites (N-methyl/N-ethyl adjacent to an activating group) is 1. The van der Waals surface area contributed by atoms with E-state index >= 15 is 0 Å². The van der Waals surface area contributed by atoms with E-state index in [-0.39, 0.29) is 24.9 Å². The Hall–Kier alpha value is -1.89. The van der Waals surface area contributed by atoms with E-state index in [9.17, 15) is 9.59 Å². The van der Waals surface area contributed by atoms with Crippen LogP contribution in [0.25, 0.3) is 0 Å². The van der Waals surface area contributed by atoms with Gasteiger partial charge in [-0.1, -0.05) is 6.92 Å². The van der Waals surface area contributed by atoms with Crippen molar-refractivity contribution in [1.82, 2.24) is 15.1 Å². The van der Waals surface area contributed by atoms with E-state index in [4.69, 9.17) is 5.73 Å². The topological polar surface area (TPSA) is 102 Å². The van der Waals surface area contributed by atoms with Gasteiger partial charge < -0.3 is 16.4 Å². The molecule has 4 N–H and O–H groups in total. The van der Waals surface area contributed by atoms with Crippen LogP contribution in [0.2, 0.25) is 0 Å². The second kappa shape index (κ2) is 6.33. The summed E-state index contributed by atoms with van der Waals surface area (Å²) in [6.45, 7) is 4.13. The quantitative estimate of drug-likeness (QED) is 0.672. The van der Waals surface area contributed by atoms with Crippen molar-refractivity contribution >= 4 is 17.5 Å². The van der Waals surface area contributed by atoms with E-state index in [1.54, 1.807) is 13.2 Å². The number of carbonyl (C=O) groups excluding carboxylic acids is 2. The first-order valence-corrected chi connectivity index (χ1v) is 6.19. The van der Waals surface area contributed by atoms with Crippen LogP contribution in [0.4, 0.5) is 5.69 Å². The Balaban J connectivity index is 2.68. The number of anilines is 1. The molecule has 1 rings (SSSR count). The number of nitrogens with two attached hydrogens (primary N) is 1. The predicted molar refractivity (Wildman–Crippen MR) is 72.4 cm³/mol. The van der Waals surface area contributed by atoms with Gasteiger partial charge in [0.2, 0.25) is 11.8 Å². The first kappa shape index (κ1) is 15.2. The summed E-state index contributed by atoms with van der Waals surface area (Å²) >= 11 is 0. The van der Waals surface area contributed by atoms with Gasteiger partial charge in [-0.3, -0.25) is 14.3 Å². The Morgan fingerprint density at radius 3 is 2.74 bits per heavy atom. The van der Waals surface area contributed by atoms with Crippen LogP contribution < -0.4 is 16.4 Å². The predicted octanol–water partition coefficient (Wildman–Crippen LogP) is -0.0574. The molecule has 0 aliphatic carbocycles. The number of nitrogens with zero attached hydrogens (tertiary/aromatic N) is 2. The molecule has 0 aliphatic rings. The molecule has 1 aromatic rings. The van der Waals surface area contributed by atoms with Crippen molar-refractivity contribution in [3.63, 3.8) is 0 Å². The van der Waals surface area contributed by atoms with Gasteiger partial charge in [-0.15, -0.1) is 0 Å². The van der Waals surface area contributed by atoms with Gasteiger partial charge in [0.15, 0.2) is 0 Å². The Labute approximate surface area is 112 Å². The van der Waals surface area contributed by atoms with Crippen LogP contribution >= 0.6 is 0 Å². The minimum absolute atomic E-state index is 0.119. The Bertz CT molecular complexity index is 451. The van der Waals surface area contributed by atoms with Crippen molar-refractivity contribution < 1.29 is 9.59 Å². The van der Waals surface area contributed by atoms with Crippen LogP contribution in [0.15, 0.2) is 12.4 Å². The first-order valence-electron chi connectivity index (χ1n) is 6.19. The average Bonchev–Trinajstić information content (AvgIpc) is 2.84. The second-order valence-corrected chi connectivity index (χ2v) is 4.67. The van der Waals surface area contributed by atoms with Gasteiger partial charge in [0.1, 0.15) is 6.54 Å². The molecule has 2 amide bonds. The van der Waals surface area contributed by atoms with Crippen LogP contribution in [-0.4, -0.2) is 35.2 Å². The molecule has 0 fully saturated rings. The van der Waals surface area contributed by atoms with Crippen molar-refractivity contribution in [1.29, 1.82) is 0 Å². The molecule has 0 radical (unpaired) electrons. The second-order valence-electron chi connectivity index (χ2n) is 4.67. The van der Waals surface area contributed by atoms with Crippen LogP contribution in [-0.2, 0) is 16.1 Å². The molecular formula is C12H21N5O2. The van der Waals surface area contributed by atoms with Gasteiger partial charge in [-0.05, 0) is 13.3 Å². The molecule has 0 saturated carbocycles. The summed E-state index contributed by atoms with van der Waals surface area (Å²) in [6.07, 6.45) is 3.77. The molecule has 1 unspecified atom stereocenters. The maximum absolute atomic E-state index is 12.1. The number of aromatic nitrogens is 2. The summed E-state index contributed by atoms with van der Waals surface area (Å²) in [5, 5.41) is 9.27. The third kappa shape index (κ3) is 3.78. The van der Waals surface area contributed by atoms with Crippen LogP contribution in [0.1, 0.15) is 20.3 Å². The monoisotopic (exact) mass is 267 g/mol. The SMILES string of the molecule is CCC(C)(CN)C(=O)Nc1cnn(CC(=O)NC)c1. The van der Waals surface area contributed by atoms with Crippen molar-refractivity contribution in [3.8, 4) is 0 Å². The summed E-state index contributed by atoms with van der Waals surface area (Å²) < 4.78 is 1.46. The molecule has 7 nitrogen and oxygen atoms in total. The Kier molecular flexibility index (Phi) is 5.05. The summed E-state index contributed by atoms with van der Waals surface area (Å²) in [5.41, 5.74) is 5.59. The molecule has 0 aromatic carbocycles. The highest BCUT2D eigenvalue weighted by Gasteiger charge is 2.29. The lowest BCUT2D eigenvalue weighted by Crippen LogP contribution is -2.39.